The number of aliphatic hydroxyl groups is 1. The summed E-state index contributed by atoms with van der Waals surface area (Å²) < 4.78 is 11.7. The van der Waals surface area contributed by atoms with Gasteiger partial charge >= 0.3 is 5.97 Å². The second kappa shape index (κ2) is 17.4. The fourth-order valence-electron chi connectivity index (χ4n) is 8.36. The lowest BCUT2D eigenvalue weighted by atomic mass is 9.95. The molecule has 2 saturated heterocycles. The van der Waals surface area contributed by atoms with Gasteiger partial charge in [-0.2, -0.15) is 4.98 Å². The Hall–Kier alpha value is -7.00. The first-order valence-electron chi connectivity index (χ1n) is 21.0. The molecule has 0 aliphatic carbocycles. The number of hydrogen-bond donors (Lipinski definition) is 4. The summed E-state index contributed by atoms with van der Waals surface area (Å²) in [6, 6.07) is 19.3. The van der Waals surface area contributed by atoms with Crippen LogP contribution in [0.15, 0.2) is 77.3 Å². The molecule has 0 bridgehead atoms. The van der Waals surface area contributed by atoms with E-state index in [9.17, 15) is 24.3 Å². The second-order valence-corrected chi connectivity index (χ2v) is 16.5. The fourth-order valence-corrected chi connectivity index (χ4v) is 8.36. The summed E-state index contributed by atoms with van der Waals surface area (Å²) in [5.74, 6) is 6.61. The number of imide groups is 1. The predicted molar refractivity (Wildman–Crippen MR) is 229 cm³/mol. The molecule has 0 spiro atoms. The number of piperazine rings is 1. The van der Waals surface area contributed by atoms with Gasteiger partial charge in [-0.05, 0) is 67.8 Å². The summed E-state index contributed by atoms with van der Waals surface area (Å²) in [6.07, 6.45) is 2.69. The maximum atomic E-state index is 13.0. The van der Waals surface area contributed by atoms with Gasteiger partial charge in [0.1, 0.15) is 17.5 Å². The molecule has 4 aliphatic heterocycles. The number of aromatic nitrogens is 4. The SMILES string of the molecule is CC1(C)OC(=O)c2ccc(Nc3ncc(-c4nnc(CCN5CCN(CC#Cc6ccc7c(c6)CN(C6CCC(=O)NC6=O)C7=O)CC5)o4)c(N[C@H](CO)c4ccccc4)n3)cc21. The van der Waals surface area contributed by atoms with Crippen LogP contribution in [0.5, 0.6) is 0 Å². The maximum absolute atomic E-state index is 13.0. The lowest BCUT2D eigenvalue weighted by Gasteiger charge is -2.33. The number of anilines is 3. The van der Waals surface area contributed by atoms with E-state index < -0.39 is 23.6 Å². The predicted octanol–water partition coefficient (Wildman–Crippen LogP) is 3.79. The molecule has 4 aliphatic rings. The first kappa shape index (κ1) is 41.4. The highest BCUT2D eigenvalue weighted by molar-refractivity contribution is 6.05. The van der Waals surface area contributed by atoms with Gasteiger partial charge in [-0.3, -0.25) is 24.6 Å². The Balaban J connectivity index is 0.807. The number of nitrogens with zero attached hydrogens (tertiary/aromatic N) is 7. The monoisotopic (exact) mass is 850 g/mol. The third kappa shape index (κ3) is 8.87. The largest absolute Gasteiger partial charge is 0.451 e. The molecule has 6 heterocycles. The molecule has 17 heteroatoms. The van der Waals surface area contributed by atoms with E-state index in [0.29, 0.717) is 60.0 Å². The van der Waals surface area contributed by atoms with Crippen LogP contribution in [0.4, 0.5) is 17.5 Å². The van der Waals surface area contributed by atoms with Crippen molar-refractivity contribution in [3.05, 3.63) is 112 Å². The van der Waals surface area contributed by atoms with Gasteiger partial charge in [0.25, 0.3) is 11.8 Å². The summed E-state index contributed by atoms with van der Waals surface area (Å²) in [5, 5.41) is 28.1. The molecule has 3 amide bonds. The van der Waals surface area contributed by atoms with Crippen LogP contribution >= 0.6 is 0 Å². The number of benzene rings is 3. The first-order chi connectivity index (χ1) is 30.5. The van der Waals surface area contributed by atoms with E-state index in [1.165, 1.54) is 0 Å². The number of ether oxygens (including phenoxy) is 1. The molecular formula is C46H46N10O7. The van der Waals surface area contributed by atoms with Crippen LogP contribution in [0.2, 0.25) is 0 Å². The number of amides is 3. The van der Waals surface area contributed by atoms with E-state index in [-0.39, 0.29) is 42.7 Å². The maximum Gasteiger partial charge on any atom is 0.339 e. The van der Waals surface area contributed by atoms with Crippen molar-refractivity contribution < 1.29 is 33.4 Å². The number of rotatable bonds is 12. The van der Waals surface area contributed by atoms with Crippen molar-refractivity contribution >= 4 is 41.1 Å². The molecule has 0 saturated carbocycles. The van der Waals surface area contributed by atoms with Crippen molar-refractivity contribution in [3.63, 3.8) is 0 Å². The van der Waals surface area contributed by atoms with E-state index in [4.69, 9.17) is 14.1 Å². The van der Waals surface area contributed by atoms with Gasteiger partial charge in [0.05, 0.1) is 30.3 Å². The molecule has 17 nitrogen and oxygen atoms in total. The van der Waals surface area contributed by atoms with Crippen molar-refractivity contribution in [2.75, 3.05) is 56.5 Å². The van der Waals surface area contributed by atoms with Crippen LogP contribution in [0.25, 0.3) is 11.5 Å². The van der Waals surface area contributed by atoms with Crippen LogP contribution in [-0.4, -0.2) is 116 Å². The van der Waals surface area contributed by atoms with E-state index >= 15 is 0 Å². The normalized spacial score (nSPS) is 18.8. The zero-order chi connectivity index (χ0) is 43.7. The second-order valence-electron chi connectivity index (χ2n) is 16.5. The van der Waals surface area contributed by atoms with Crippen LogP contribution in [0.1, 0.15) is 81.6 Å². The number of nitrogens with one attached hydrogen (secondary N) is 3. The van der Waals surface area contributed by atoms with Gasteiger partial charge in [0, 0.05) is 80.7 Å². The van der Waals surface area contributed by atoms with Crippen LogP contribution in [0, 0.1) is 11.8 Å². The topological polar surface area (TPSA) is 208 Å². The highest BCUT2D eigenvalue weighted by Crippen LogP contribution is 2.38. The standard InChI is InChI=1S/C46H46N10O7/c1-46(2)35-24-31(11-13-33(35)44(61)63-46)48-45-47-25-34(40(51-45)49-36(27-57)29-8-4-3-5-9-29)42-53-52-39(62-42)16-18-55-21-19-54(20-22-55)17-6-7-28-10-12-32-30(23-28)26-56(43(32)60)37-14-15-38(58)50-41(37)59/h3-5,8-13,23-25,36-37,57H,14-22,26-27H2,1-2H3,(H,50,58,59)(H2,47,48,49,51)/t36-,37?/m1/s1. The molecule has 1 unspecified atom stereocenters. The summed E-state index contributed by atoms with van der Waals surface area (Å²) in [4.78, 5) is 64.9. The van der Waals surface area contributed by atoms with Gasteiger partial charge in [-0.25, -0.2) is 9.78 Å². The molecule has 2 aromatic heterocycles. The molecule has 322 valence electrons. The summed E-state index contributed by atoms with van der Waals surface area (Å²) in [5.41, 5.74) is 4.74. The van der Waals surface area contributed by atoms with E-state index in [2.05, 4.69) is 52.8 Å². The van der Waals surface area contributed by atoms with Crippen molar-refractivity contribution in [2.24, 2.45) is 0 Å². The lowest BCUT2D eigenvalue weighted by Crippen LogP contribution is -2.52. The van der Waals surface area contributed by atoms with E-state index in [1.54, 1.807) is 29.3 Å². The van der Waals surface area contributed by atoms with Gasteiger partial charge in [0.15, 0.2) is 0 Å². The van der Waals surface area contributed by atoms with Crippen molar-refractivity contribution in [1.29, 1.82) is 0 Å². The van der Waals surface area contributed by atoms with Gasteiger partial charge < -0.3 is 34.7 Å². The fraction of sp³-hybridized carbons (Fsp3) is 0.348. The van der Waals surface area contributed by atoms with E-state index in [1.807, 2.05) is 62.4 Å². The number of carbonyl (C=O) groups is 4. The molecule has 2 atom stereocenters. The number of aliphatic hydroxyl groups excluding tert-OH is 1. The Morgan fingerprint density at radius 1 is 0.952 bits per heavy atom. The number of hydrogen-bond acceptors (Lipinski definition) is 15. The quantitative estimate of drug-likeness (QED) is 0.0800. The number of esters is 1. The van der Waals surface area contributed by atoms with Gasteiger partial charge in [0.2, 0.25) is 23.7 Å². The summed E-state index contributed by atoms with van der Waals surface area (Å²) >= 11 is 0. The highest BCUT2D eigenvalue weighted by atomic mass is 16.6. The summed E-state index contributed by atoms with van der Waals surface area (Å²) in [6.45, 7) is 8.53. The Morgan fingerprint density at radius 3 is 2.54 bits per heavy atom. The molecular weight excluding hydrogens is 805 g/mol. The van der Waals surface area contributed by atoms with Gasteiger partial charge in [-0.1, -0.05) is 42.2 Å². The molecule has 4 N–H and O–H groups in total. The minimum absolute atomic E-state index is 0.197. The number of cyclic esters (lactones) is 1. The molecule has 3 aromatic carbocycles. The Bertz CT molecular complexity index is 2650. The van der Waals surface area contributed by atoms with Gasteiger partial charge in [-0.15, -0.1) is 10.2 Å². The molecule has 9 rings (SSSR count). The summed E-state index contributed by atoms with van der Waals surface area (Å²) in [7, 11) is 0. The molecule has 0 radical (unpaired) electrons. The third-order valence-electron chi connectivity index (χ3n) is 11.8. The average Bonchev–Trinajstić information content (AvgIpc) is 3.95. The van der Waals surface area contributed by atoms with Crippen molar-refractivity contribution in [2.45, 2.75) is 57.3 Å². The number of piperidine rings is 1. The molecule has 5 aromatic rings. The number of fused-ring (bicyclic) bond motifs is 2. The zero-order valence-corrected chi connectivity index (χ0v) is 34.9. The Labute approximate surface area is 363 Å². The van der Waals surface area contributed by atoms with Crippen molar-refractivity contribution in [1.82, 2.24) is 40.2 Å². The molecule has 2 fully saturated rings. The van der Waals surface area contributed by atoms with Crippen LogP contribution in [0.3, 0.4) is 0 Å². The Morgan fingerprint density at radius 2 is 1.75 bits per heavy atom. The Kier molecular flexibility index (Phi) is 11.4. The van der Waals surface area contributed by atoms with Crippen LogP contribution in [-0.2, 0) is 32.9 Å². The minimum Gasteiger partial charge on any atom is -0.451 e. The average molecular weight is 851 g/mol. The van der Waals surface area contributed by atoms with Crippen LogP contribution < -0.4 is 16.0 Å². The zero-order valence-electron chi connectivity index (χ0n) is 34.9. The molecule has 63 heavy (non-hydrogen) atoms. The lowest BCUT2D eigenvalue weighted by molar-refractivity contribution is -0.136. The van der Waals surface area contributed by atoms with Crippen molar-refractivity contribution in [3.8, 4) is 23.3 Å². The number of carbonyl (C=O) groups excluding carboxylic acids is 4. The smallest absolute Gasteiger partial charge is 0.339 e. The van der Waals surface area contributed by atoms with E-state index in [0.717, 1.165) is 55.0 Å². The highest BCUT2D eigenvalue weighted by Gasteiger charge is 2.40. The minimum atomic E-state index is -0.768. The first-order valence-corrected chi connectivity index (χ1v) is 21.0. The third-order valence-corrected chi connectivity index (χ3v) is 11.8.